The Labute approximate surface area is 230 Å². The zero-order valence-electron chi connectivity index (χ0n) is 25.7. The number of rotatable bonds is 31. The molecule has 1 radical (unpaired) electrons. The van der Waals surface area contributed by atoms with E-state index in [1.807, 2.05) is 0 Å². The summed E-state index contributed by atoms with van der Waals surface area (Å²) in [6.07, 6.45) is 41.4. The van der Waals surface area contributed by atoms with Gasteiger partial charge in [0.2, 0.25) is 0 Å². The molecule has 1 N–H and O–H groups in total. The van der Waals surface area contributed by atoms with Crippen LogP contribution in [0.3, 0.4) is 0 Å². The van der Waals surface area contributed by atoms with Crippen molar-refractivity contribution in [2.24, 2.45) is 0 Å². The van der Waals surface area contributed by atoms with E-state index in [4.69, 9.17) is 0 Å². The summed E-state index contributed by atoms with van der Waals surface area (Å²) in [5.74, 6) is 1.34. The molecule has 0 aromatic rings. The second-order valence-corrected chi connectivity index (χ2v) is 12.1. The maximum absolute atomic E-state index is 10.5. The van der Waals surface area contributed by atoms with E-state index in [0.717, 1.165) is 12.8 Å². The molecule has 36 heavy (non-hydrogen) atoms. The minimum Gasteiger partial charge on any atom is -0.393 e. The van der Waals surface area contributed by atoms with Crippen molar-refractivity contribution < 1.29 is 5.11 Å². The molecule has 0 saturated heterocycles. The average Bonchev–Trinajstić information content (AvgIpc) is 2.88. The molecule has 1 nitrogen and oxygen atoms in total. The van der Waals surface area contributed by atoms with Crippen LogP contribution in [0.4, 0.5) is 0 Å². The van der Waals surface area contributed by atoms with Crippen molar-refractivity contribution in [3.8, 4) is 0 Å². The summed E-state index contributed by atoms with van der Waals surface area (Å²) in [4.78, 5) is 0. The Balaban J connectivity index is 3.27. The van der Waals surface area contributed by atoms with Gasteiger partial charge in [-0.1, -0.05) is 201 Å². The Morgan fingerprint density at radius 1 is 0.389 bits per heavy atom. The first-order valence-electron chi connectivity index (χ1n) is 17.2. The minimum atomic E-state index is -0.149. The van der Waals surface area contributed by atoms with Gasteiger partial charge in [-0.05, 0) is 12.8 Å². The van der Waals surface area contributed by atoms with E-state index in [-0.39, 0.29) is 6.10 Å². The highest BCUT2D eigenvalue weighted by Gasteiger charge is 2.13. The van der Waals surface area contributed by atoms with Crippen molar-refractivity contribution in [3.63, 3.8) is 0 Å². The van der Waals surface area contributed by atoms with Gasteiger partial charge < -0.3 is 5.11 Å². The van der Waals surface area contributed by atoms with Crippen LogP contribution in [0.15, 0.2) is 0 Å². The van der Waals surface area contributed by atoms with Crippen molar-refractivity contribution in [3.05, 3.63) is 5.92 Å². The summed E-state index contributed by atoms with van der Waals surface area (Å²) in [6, 6.07) is 0. The van der Waals surface area contributed by atoms with E-state index in [2.05, 4.69) is 20.8 Å². The van der Waals surface area contributed by atoms with Gasteiger partial charge in [0, 0.05) is 5.92 Å². The van der Waals surface area contributed by atoms with Gasteiger partial charge in [-0.15, -0.1) is 0 Å². The summed E-state index contributed by atoms with van der Waals surface area (Å²) >= 11 is 0. The fourth-order valence-corrected chi connectivity index (χ4v) is 5.54. The predicted octanol–water partition coefficient (Wildman–Crippen LogP) is 12.7. The highest BCUT2D eigenvalue weighted by Crippen LogP contribution is 2.21. The summed E-state index contributed by atoms with van der Waals surface area (Å²) in [7, 11) is 0. The molecule has 0 aromatic carbocycles. The van der Waals surface area contributed by atoms with Crippen LogP contribution in [0.5, 0.6) is 0 Å². The molecule has 1 unspecified atom stereocenters. The number of aliphatic hydroxyl groups is 1. The molecule has 0 saturated carbocycles. The van der Waals surface area contributed by atoms with Gasteiger partial charge in [-0.3, -0.25) is 0 Å². The Morgan fingerprint density at radius 3 is 0.944 bits per heavy atom. The molecule has 0 aromatic heterocycles. The lowest BCUT2D eigenvalue weighted by Gasteiger charge is -2.18. The van der Waals surface area contributed by atoms with Crippen molar-refractivity contribution in [1.29, 1.82) is 0 Å². The number of unbranched alkanes of at least 4 members (excludes halogenated alkanes) is 26. The Hall–Kier alpha value is -0.0400. The number of hydrogen-bond acceptors (Lipinski definition) is 1. The molecular weight excluding hydrogens is 436 g/mol. The molecule has 0 aliphatic carbocycles. The van der Waals surface area contributed by atoms with Gasteiger partial charge in [0.15, 0.2) is 0 Å². The monoisotopic (exact) mass is 508 g/mol. The standard InChI is InChI=1S/C35H71O/c1-4-6-8-10-12-14-16-18-20-22-24-26-28-30-32-34(3)35(36)33-31-29-27-25-23-21-19-17-15-13-11-9-7-5-2/h35-36H,4-33H2,1-3H3. The maximum atomic E-state index is 10.5. The fraction of sp³-hybridized carbons (Fsp3) is 0.971. The molecule has 0 spiro atoms. The second-order valence-electron chi connectivity index (χ2n) is 12.1. The molecule has 1 atom stereocenters. The molecular formula is C35H71O. The van der Waals surface area contributed by atoms with Crippen LogP contribution in [0.2, 0.25) is 0 Å². The molecule has 1 heteroatoms. The van der Waals surface area contributed by atoms with Crippen LogP contribution in [0, 0.1) is 5.92 Å². The lowest BCUT2D eigenvalue weighted by molar-refractivity contribution is 0.167. The summed E-state index contributed by atoms with van der Waals surface area (Å²) in [5, 5.41) is 10.5. The fourth-order valence-electron chi connectivity index (χ4n) is 5.54. The molecule has 0 amide bonds. The lowest BCUT2D eigenvalue weighted by Crippen LogP contribution is -2.15. The van der Waals surface area contributed by atoms with E-state index in [1.165, 1.54) is 186 Å². The van der Waals surface area contributed by atoms with Crippen LogP contribution < -0.4 is 0 Å². The van der Waals surface area contributed by atoms with Crippen LogP contribution in [0.25, 0.3) is 0 Å². The van der Waals surface area contributed by atoms with Gasteiger partial charge in [0.1, 0.15) is 0 Å². The summed E-state index contributed by atoms with van der Waals surface area (Å²) in [5.41, 5.74) is 0. The van der Waals surface area contributed by atoms with Gasteiger partial charge in [0.25, 0.3) is 0 Å². The normalized spacial score (nSPS) is 12.6. The quantitative estimate of drug-likeness (QED) is 0.0925. The highest BCUT2D eigenvalue weighted by atomic mass is 16.3. The average molecular weight is 508 g/mol. The first kappa shape index (κ1) is 36.0. The SMILES string of the molecule is CCCCCCCCCCCCCCCC[C](C)C(O)CCCCCCCCCCCCCCCC. The van der Waals surface area contributed by atoms with Gasteiger partial charge in [-0.25, -0.2) is 0 Å². The molecule has 0 aliphatic heterocycles. The molecule has 0 rings (SSSR count). The van der Waals surface area contributed by atoms with Crippen LogP contribution in [-0.2, 0) is 0 Å². The van der Waals surface area contributed by atoms with Crippen LogP contribution in [0.1, 0.15) is 213 Å². The molecule has 0 fully saturated rings. The molecule has 217 valence electrons. The Kier molecular flexibility index (Phi) is 31.1. The third kappa shape index (κ3) is 28.5. The summed E-state index contributed by atoms with van der Waals surface area (Å²) in [6.45, 7) is 6.78. The van der Waals surface area contributed by atoms with Crippen LogP contribution >= 0.6 is 0 Å². The lowest BCUT2D eigenvalue weighted by atomic mass is 9.93. The molecule has 0 heterocycles. The number of aliphatic hydroxyl groups excluding tert-OH is 1. The zero-order chi connectivity index (χ0) is 26.4. The first-order chi connectivity index (χ1) is 17.7. The highest BCUT2D eigenvalue weighted by molar-refractivity contribution is 4.91. The van der Waals surface area contributed by atoms with Crippen molar-refractivity contribution in [2.45, 2.75) is 219 Å². The van der Waals surface area contributed by atoms with Gasteiger partial charge >= 0.3 is 0 Å². The van der Waals surface area contributed by atoms with E-state index in [0.29, 0.717) is 0 Å². The largest absolute Gasteiger partial charge is 0.393 e. The number of hydrogen-bond donors (Lipinski definition) is 1. The smallest absolute Gasteiger partial charge is 0.0600 e. The Morgan fingerprint density at radius 2 is 0.639 bits per heavy atom. The predicted molar refractivity (Wildman–Crippen MR) is 165 cm³/mol. The van der Waals surface area contributed by atoms with Crippen molar-refractivity contribution in [1.82, 2.24) is 0 Å². The van der Waals surface area contributed by atoms with Gasteiger partial charge in [-0.2, -0.15) is 0 Å². The van der Waals surface area contributed by atoms with E-state index in [9.17, 15) is 5.11 Å². The summed E-state index contributed by atoms with van der Waals surface area (Å²) < 4.78 is 0. The zero-order valence-corrected chi connectivity index (χ0v) is 25.7. The maximum Gasteiger partial charge on any atom is 0.0600 e. The van der Waals surface area contributed by atoms with Crippen LogP contribution in [-0.4, -0.2) is 11.2 Å². The third-order valence-electron chi connectivity index (χ3n) is 8.32. The van der Waals surface area contributed by atoms with E-state index < -0.39 is 0 Å². The second kappa shape index (κ2) is 31.2. The molecule has 0 bridgehead atoms. The first-order valence-corrected chi connectivity index (χ1v) is 17.2. The topological polar surface area (TPSA) is 20.2 Å². The Bertz CT molecular complexity index is 343. The van der Waals surface area contributed by atoms with Crippen molar-refractivity contribution >= 4 is 0 Å². The molecule has 0 aliphatic rings. The van der Waals surface area contributed by atoms with E-state index >= 15 is 0 Å². The van der Waals surface area contributed by atoms with E-state index in [1.54, 1.807) is 0 Å². The van der Waals surface area contributed by atoms with Crippen molar-refractivity contribution in [2.75, 3.05) is 0 Å². The third-order valence-corrected chi connectivity index (χ3v) is 8.32. The minimum absolute atomic E-state index is 0.149. The van der Waals surface area contributed by atoms with Gasteiger partial charge in [0.05, 0.1) is 6.10 Å².